The molecule has 0 aliphatic carbocycles. The maximum Gasteiger partial charge on any atom is 0.332 e. The van der Waals surface area contributed by atoms with Crippen LogP contribution in [0.1, 0.15) is 13.3 Å². The minimum atomic E-state index is -3.56. The second kappa shape index (κ2) is 5.91. The molecule has 0 aliphatic rings. The third-order valence-corrected chi connectivity index (χ3v) is 2.58. The van der Waals surface area contributed by atoms with E-state index in [0.717, 1.165) is 0 Å². The van der Waals surface area contributed by atoms with Crippen molar-refractivity contribution in [1.82, 2.24) is 9.44 Å². The lowest BCUT2D eigenvalue weighted by Gasteiger charge is -2.07. The van der Waals surface area contributed by atoms with Gasteiger partial charge >= 0.3 is 5.97 Å². The van der Waals surface area contributed by atoms with E-state index in [1.165, 1.54) is 0 Å². The van der Waals surface area contributed by atoms with Crippen molar-refractivity contribution in [3.8, 4) is 0 Å². The molecule has 7 nitrogen and oxygen atoms in total. The lowest BCUT2D eigenvalue weighted by atomic mass is 10.3. The third kappa shape index (κ3) is 5.86. The van der Waals surface area contributed by atoms with Crippen LogP contribution in [-0.4, -0.2) is 43.8 Å². The van der Waals surface area contributed by atoms with Crippen molar-refractivity contribution in [1.29, 1.82) is 0 Å². The van der Waals surface area contributed by atoms with Crippen molar-refractivity contribution in [3.05, 3.63) is 0 Å². The molecule has 1 atom stereocenters. The first-order valence-electron chi connectivity index (χ1n) is 4.04. The lowest BCUT2D eigenvalue weighted by Crippen LogP contribution is -2.38. The number of hydrogen-bond donors (Lipinski definition) is 4. The molecule has 0 saturated heterocycles. The van der Waals surface area contributed by atoms with Crippen LogP contribution in [-0.2, 0) is 15.0 Å². The van der Waals surface area contributed by atoms with E-state index in [4.69, 9.17) is 10.2 Å². The number of nitrogens with one attached hydrogen (secondary N) is 2. The average Bonchev–Trinajstić information content (AvgIpc) is 2.03. The second-order valence-corrected chi connectivity index (χ2v) is 4.12. The third-order valence-electron chi connectivity index (χ3n) is 1.33. The van der Waals surface area contributed by atoms with Gasteiger partial charge in [0.1, 0.15) is 0 Å². The van der Waals surface area contributed by atoms with Crippen LogP contribution in [0.25, 0.3) is 0 Å². The summed E-state index contributed by atoms with van der Waals surface area (Å²) < 4.78 is 26.1. The first-order chi connectivity index (χ1) is 6.39. The van der Waals surface area contributed by atoms with Crippen LogP contribution in [0.3, 0.4) is 0 Å². The molecule has 0 aromatic heterocycles. The molecule has 4 N–H and O–H groups in total. The number of aliphatic carboxylic acids is 1. The van der Waals surface area contributed by atoms with E-state index < -0.39 is 22.3 Å². The maximum atomic E-state index is 10.9. The van der Waals surface area contributed by atoms with Gasteiger partial charge in [-0.1, -0.05) is 6.92 Å². The van der Waals surface area contributed by atoms with Gasteiger partial charge in [-0.15, -0.1) is 0 Å². The normalized spacial score (nSPS) is 13.9. The molecule has 0 radical (unpaired) electrons. The van der Waals surface area contributed by atoms with Crippen LogP contribution >= 0.6 is 0 Å². The molecule has 0 saturated carbocycles. The number of hydrogen-bond acceptors (Lipinski definition) is 4. The molecule has 84 valence electrons. The Kier molecular flexibility index (Phi) is 5.62. The summed E-state index contributed by atoms with van der Waals surface area (Å²) in [4.78, 5) is 10.1. The van der Waals surface area contributed by atoms with Crippen molar-refractivity contribution in [2.24, 2.45) is 0 Å². The van der Waals surface area contributed by atoms with Crippen molar-refractivity contribution >= 4 is 16.2 Å². The zero-order chi connectivity index (χ0) is 11.2. The predicted octanol–water partition coefficient (Wildman–Crippen LogP) is -1.73. The highest BCUT2D eigenvalue weighted by atomic mass is 32.2. The summed E-state index contributed by atoms with van der Waals surface area (Å²) in [6.45, 7) is 1.74. The van der Waals surface area contributed by atoms with Gasteiger partial charge in [0.15, 0.2) is 6.10 Å². The summed E-state index contributed by atoms with van der Waals surface area (Å²) in [5.74, 6) is -1.37. The van der Waals surface area contributed by atoms with Crippen molar-refractivity contribution < 1.29 is 23.4 Å². The van der Waals surface area contributed by atoms with Gasteiger partial charge in [-0.05, 0) is 6.42 Å². The van der Waals surface area contributed by atoms with E-state index in [0.29, 0.717) is 0 Å². The fraction of sp³-hybridized carbons (Fsp3) is 0.833. The predicted molar refractivity (Wildman–Crippen MR) is 48.9 cm³/mol. The fourth-order valence-corrected chi connectivity index (χ4v) is 1.56. The quantitative estimate of drug-likeness (QED) is 0.411. The van der Waals surface area contributed by atoms with Gasteiger partial charge in [0.25, 0.3) is 10.2 Å². The summed E-state index contributed by atoms with van der Waals surface area (Å²) in [7, 11) is -3.56. The summed E-state index contributed by atoms with van der Waals surface area (Å²) >= 11 is 0. The Labute approximate surface area is 82.3 Å². The van der Waals surface area contributed by atoms with E-state index >= 15 is 0 Å². The molecule has 0 bridgehead atoms. The van der Waals surface area contributed by atoms with Gasteiger partial charge in [-0.2, -0.15) is 8.42 Å². The summed E-state index contributed by atoms with van der Waals surface area (Å²) in [5, 5.41) is 17.1. The van der Waals surface area contributed by atoms with Crippen LogP contribution < -0.4 is 9.44 Å². The molecule has 0 aliphatic heterocycles. The van der Waals surface area contributed by atoms with Crippen molar-refractivity contribution in [3.63, 3.8) is 0 Å². The number of carboxylic acid groups (broad SMARTS) is 1. The van der Waals surface area contributed by atoms with Gasteiger partial charge in [-0.25, -0.2) is 14.2 Å². The minimum absolute atomic E-state index is 0.122. The number of rotatable bonds is 7. The zero-order valence-electron chi connectivity index (χ0n) is 7.73. The Morgan fingerprint density at radius 1 is 1.43 bits per heavy atom. The topological polar surface area (TPSA) is 116 Å². The van der Waals surface area contributed by atoms with Gasteiger partial charge in [-0.3, -0.25) is 0 Å². The zero-order valence-corrected chi connectivity index (χ0v) is 8.54. The van der Waals surface area contributed by atoms with Gasteiger partial charge in [0.05, 0.1) is 0 Å². The Balaban J connectivity index is 3.79. The Morgan fingerprint density at radius 3 is 2.43 bits per heavy atom. The van der Waals surface area contributed by atoms with Crippen LogP contribution in [0.2, 0.25) is 0 Å². The Bertz CT molecular complexity index is 276. The standard InChI is InChI=1S/C6H14N2O5S/c1-2-7-14(12,13)8-4-3-5(9)6(10)11/h5,7-9H,2-4H2,1H3,(H,10,11). The monoisotopic (exact) mass is 226 g/mol. The van der Waals surface area contributed by atoms with E-state index in [1.54, 1.807) is 6.92 Å². The average molecular weight is 226 g/mol. The van der Waals surface area contributed by atoms with Crippen LogP contribution in [0, 0.1) is 0 Å². The van der Waals surface area contributed by atoms with Crippen molar-refractivity contribution in [2.45, 2.75) is 19.4 Å². The number of aliphatic hydroxyl groups excluding tert-OH is 1. The molecular weight excluding hydrogens is 212 g/mol. The Morgan fingerprint density at radius 2 is 2.00 bits per heavy atom. The largest absolute Gasteiger partial charge is 0.479 e. The van der Waals surface area contributed by atoms with Crippen LogP contribution in [0.4, 0.5) is 0 Å². The van der Waals surface area contributed by atoms with Crippen LogP contribution in [0.5, 0.6) is 0 Å². The molecule has 0 amide bonds. The smallest absolute Gasteiger partial charge is 0.332 e. The molecule has 14 heavy (non-hydrogen) atoms. The highest BCUT2D eigenvalue weighted by molar-refractivity contribution is 7.87. The minimum Gasteiger partial charge on any atom is -0.479 e. The van der Waals surface area contributed by atoms with E-state index in [1.807, 2.05) is 0 Å². The summed E-state index contributed by atoms with van der Waals surface area (Å²) in [5.41, 5.74) is 0. The van der Waals surface area contributed by atoms with E-state index in [2.05, 4.69) is 9.44 Å². The molecule has 0 heterocycles. The molecule has 8 heteroatoms. The van der Waals surface area contributed by atoms with Crippen LogP contribution in [0.15, 0.2) is 0 Å². The summed E-state index contributed by atoms with van der Waals surface area (Å²) in [6, 6.07) is 0. The Hall–Kier alpha value is -0.700. The number of aliphatic hydroxyl groups is 1. The number of carbonyl (C=O) groups is 1. The molecule has 0 rings (SSSR count). The highest BCUT2D eigenvalue weighted by Crippen LogP contribution is 1.90. The fourth-order valence-electron chi connectivity index (χ4n) is 0.695. The van der Waals surface area contributed by atoms with E-state index in [9.17, 15) is 13.2 Å². The van der Waals surface area contributed by atoms with Gasteiger partial charge < -0.3 is 10.2 Å². The SMILES string of the molecule is CCNS(=O)(=O)NCCC(O)C(=O)O. The number of carboxylic acids is 1. The molecule has 0 aromatic rings. The summed E-state index contributed by atoms with van der Waals surface area (Å²) in [6.07, 6.45) is -1.71. The maximum absolute atomic E-state index is 10.9. The second-order valence-electron chi connectivity index (χ2n) is 2.54. The molecule has 0 fully saturated rings. The van der Waals surface area contributed by atoms with Gasteiger partial charge in [0.2, 0.25) is 0 Å². The lowest BCUT2D eigenvalue weighted by molar-refractivity contribution is -0.146. The first kappa shape index (κ1) is 13.3. The van der Waals surface area contributed by atoms with Gasteiger partial charge in [0, 0.05) is 13.1 Å². The molecular formula is C6H14N2O5S. The van der Waals surface area contributed by atoms with Crippen molar-refractivity contribution in [2.75, 3.05) is 13.1 Å². The molecule has 1 unspecified atom stereocenters. The highest BCUT2D eigenvalue weighted by Gasteiger charge is 2.14. The first-order valence-corrected chi connectivity index (χ1v) is 5.52. The van der Waals surface area contributed by atoms with E-state index in [-0.39, 0.29) is 19.5 Å². The molecule has 0 aromatic carbocycles. The molecule has 0 spiro atoms.